The summed E-state index contributed by atoms with van der Waals surface area (Å²) >= 11 is 0. The second kappa shape index (κ2) is 11.2. The molecule has 3 rings (SSSR count). The van der Waals surface area contributed by atoms with E-state index in [2.05, 4.69) is 0 Å². The molecule has 7 nitrogen and oxygen atoms in total. The summed E-state index contributed by atoms with van der Waals surface area (Å²) in [6.45, 7) is 0. The maximum atomic E-state index is 12.1. The Kier molecular flexibility index (Phi) is 7.86. The van der Waals surface area contributed by atoms with Crippen molar-refractivity contribution in [2.75, 3.05) is 7.11 Å². The molecule has 1 heterocycles. The smallest absolute Gasteiger partial charge is 0.168 e. The first kappa shape index (κ1) is 23.1. The van der Waals surface area contributed by atoms with Crippen LogP contribution in [0.3, 0.4) is 0 Å². The van der Waals surface area contributed by atoms with E-state index in [1.165, 1.54) is 50.0 Å². The molecule has 0 saturated carbocycles. The quantitative estimate of drug-likeness (QED) is 0.256. The zero-order valence-electron chi connectivity index (χ0n) is 17.8. The van der Waals surface area contributed by atoms with Crippen molar-refractivity contribution in [2.45, 2.75) is 6.42 Å². The topological polar surface area (TPSA) is 106 Å². The fraction of sp³-hybridized carbons (Fsp3) is 0.0769. The van der Waals surface area contributed by atoms with Crippen molar-refractivity contribution in [1.29, 1.82) is 0 Å². The first-order valence-electron chi connectivity index (χ1n) is 9.93. The van der Waals surface area contributed by atoms with Crippen LogP contribution in [0.15, 0.2) is 77.6 Å². The molecule has 0 atom stereocenters. The van der Waals surface area contributed by atoms with Gasteiger partial charge in [-0.25, -0.2) is 0 Å². The fourth-order valence-electron chi connectivity index (χ4n) is 2.76. The number of carbonyl (C=O) groups is 2. The molecule has 7 heteroatoms. The minimum atomic E-state index is -0.374. The van der Waals surface area contributed by atoms with E-state index in [1.807, 2.05) is 0 Å². The lowest BCUT2D eigenvalue weighted by atomic mass is 10.1. The summed E-state index contributed by atoms with van der Waals surface area (Å²) < 4.78 is 15.6. The molecule has 1 aromatic heterocycles. The van der Waals surface area contributed by atoms with E-state index in [-0.39, 0.29) is 41.0 Å². The maximum absolute atomic E-state index is 12.1. The maximum Gasteiger partial charge on any atom is 0.168 e. The van der Waals surface area contributed by atoms with Crippen molar-refractivity contribution in [3.05, 3.63) is 90.1 Å². The Labute approximate surface area is 190 Å². The zero-order chi connectivity index (χ0) is 23.6. The third-order valence-electron chi connectivity index (χ3n) is 4.43. The Hall–Kier alpha value is -4.52. The predicted octanol–water partition coefficient (Wildman–Crippen LogP) is 5.00. The molecule has 0 amide bonds. The van der Waals surface area contributed by atoms with Gasteiger partial charge in [-0.2, -0.15) is 0 Å². The molecule has 0 saturated heterocycles. The van der Waals surface area contributed by atoms with Gasteiger partial charge in [0, 0.05) is 6.08 Å². The number of hydrogen-bond acceptors (Lipinski definition) is 7. The van der Waals surface area contributed by atoms with E-state index in [0.29, 0.717) is 16.9 Å². The van der Waals surface area contributed by atoms with Gasteiger partial charge in [0.15, 0.2) is 34.6 Å². The van der Waals surface area contributed by atoms with E-state index in [1.54, 1.807) is 48.6 Å². The third-order valence-corrected chi connectivity index (χ3v) is 4.43. The van der Waals surface area contributed by atoms with Gasteiger partial charge in [0.2, 0.25) is 0 Å². The number of phenols is 2. The average Bonchev–Trinajstić information content (AvgIpc) is 3.32. The van der Waals surface area contributed by atoms with Gasteiger partial charge < -0.3 is 24.1 Å². The number of hydrogen-bond donors (Lipinski definition) is 2. The van der Waals surface area contributed by atoms with E-state index >= 15 is 0 Å². The molecule has 2 aromatic carbocycles. The highest BCUT2D eigenvalue weighted by molar-refractivity contribution is 6.10. The molecule has 168 valence electrons. The minimum Gasteiger partial charge on any atom is -0.504 e. The van der Waals surface area contributed by atoms with Gasteiger partial charge in [-0.3, -0.25) is 9.59 Å². The number of ketones is 2. The Morgan fingerprint density at radius 2 is 1.48 bits per heavy atom. The lowest BCUT2D eigenvalue weighted by molar-refractivity contribution is -0.121. The highest BCUT2D eigenvalue weighted by Crippen LogP contribution is 2.28. The van der Waals surface area contributed by atoms with Gasteiger partial charge in [-0.05, 0) is 59.7 Å². The Balaban J connectivity index is 1.56. The molecule has 0 aliphatic heterocycles. The van der Waals surface area contributed by atoms with Crippen molar-refractivity contribution in [1.82, 2.24) is 0 Å². The third kappa shape index (κ3) is 7.00. The van der Waals surface area contributed by atoms with Crippen LogP contribution in [0.25, 0.3) is 18.2 Å². The summed E-state index contributed by atoms with van der Waals surface area (Å²) in [5.41, 5.74) is 1.26. The Morgan fingerprint density at radius 1 is 0.879 bits per heavy atom. The Bertz CT molecular complexity index is 1200. The first-order chi connectivity index (χ1) is 15.9. The minimum absolute atomic E-state index is 0.00220. The largest absolute Gasteiger partial charge is 0.504 e. The first-order valence-corrected chi connectivity index (χ1v) is 9.93. The molecule has 0 bridgehead atoms. The van der Waals surface area contributed by atoms with Gasteiger partial charge in [0.1, 0.15) is 5.76 Å². The molecule has 0 aliphatic carbocycles. The number of phenolic OH excluding ortho intramolecular Hbond substituents is 2. The Morgan fingerprint density at radius 3 is 2.06 bits per heavy atom. The van der Waals surface area contributed by atoms with Gasteiger partial charge in [-0.15, -0.1) is 0 Å². The fourth-order valence-corrected chi connectivity index (χ4v) is 2.76. The molecule has 33 heavy (non-hydrogen) atoms. The second-order valence-electron chi connectivity index (χ2n) is 6.87. The van der Waals surface area contributed by atoms with Crippen molar-refractivity contribution >= 4 is 29.8 Å². The van der Waals surface area contributed by atoms with Gasteiger partial charge in [0.25, 0.3) is 0 Å². The molecule has 3 aromatic rings. The van der Waals surface area contributed by atoms with Crippen LogP contribution in [0.1, 0.15) is 23.3 Å². The number of allylic oxidation sites excluding steroid dienone is 2. The summed E-state index contributed by atoms with van der Waals surface area (Å²) in [7, 11) is 1.43. The van der Waals surface area contributed by atoms with Crippen molar-refractivity contribution < 1.29 is 33.7 Å². The molecule has 0 spiro atoms. The van der Waals surface area contributed by atoms with Crippen molar-refractivity contribution in [3.63, 3.8) is 0 Å². The standard InChI is InChI=1S/C26H22O7/c1-31-25-15-18(6-10-23(25)29)4-8-20(27)17-21(28)9-5-19-7-11-24(30)26(16-19)33-14-12-22-3-2-13-32-22/h2-16,29-30H,17H2,1H3/b8-4+,9-5+,14-12?. The summed E-state index contributed by atoms with van der Waals surface area (Å²) in [5.74, 6) is 0.287. The number of benzene rings is 2. The van der Waals surface area contributed by atoms with Crippen molar-refractivity contribution in [3.8, 4) is 23.0 Å². The number of methoxy groups -OCH3 is 1. The summed E-state index contributed by atoms with van der Waals surface area (Å²) in [5, 5.41) is 19.5. The molecular formula is C26H22O7. The van der Waals surface area contributed by atoms with Crippen LogP contribution in [0, 0.1) is 0 Å². The lowest BCUT2D eigenvalue weighted by Gasteiger charge is -2.04. The number of carbonyl (C=O) groups excluding carboxylic acids is 2. The van der Waals surface area contributed by atoms with E-state index < -0.39 is 0 Å². The molecule has 0 radical (unpaired) electrons. The summed E-state index contributed by atoms with van der Waals surface area (Å²) in [6, 6.07) is 12.8. The predicted molar refractivity (Wildman–Crippen MR) is 124 cm³/mol. The van der Waals surface area contributed by atoms with Crippen LogP contribution in [0.5, 0.6) is 23.0 Å². The number of furan rings is 1. The van der Waals surface area contributed by atoms with Gasteiger partial charge >= 0.3 is 0 Å². The normalized spacial score (nSPS) is 11.4. The average molecular weight is 446 g/mol. The van der Waals surface area contributed by atoms with Crippen LogP contribution in [0.4, 0.5) is 0 Å². The van der Waals surface area contributed by atoms with Crippen molar-refractivity contribution in [2.24, 2.45) is 0 Å². The SMILES string of the molecule is COc1cc(/C=C/C(=O)CC(=O)/C=C/c2ccc(O)c(OC=Cc3ccco3)c2)ccc1O. The molecule has 0 fully saturated rings. The zero-order valence-corrected chi connectivity index (χ0v) is 17.8. The number of ether oxygens (including phenoxy) is 2. The van der Waals surface area contributed by atoms with E-state index in [4.69, 9.17) is 13.9 Å². The van der Waals surface area contributed by atoms with Crippen LogP contribution in [0.2, 0.25) is 0 Å². The van der Waals surface area contributed by atoms with Crippen LogP contribution >= 0.6 is 0 Å². The van der Waals surface area contributed by atoms with E-state index in [0.717, 1.165) is 0 Å². The lowest BCUT2D eigenvalue weighted by Crippen LogP contribution is -2.01. The highest BCUT2D eigenvalue weighted by Gasteiger charge is 2.06. The summed E-state index contributed by atoms with van der Waals surface area (Å²) in [4.78, 5) is 24.2. The van der Waals surface area contributed by atoms with Crippen LogP contribution < -0.4 is 9.47 Å². The van der Waals surface area contributed by atoms with E-state index in [9.17, 15) is 19.8 Å². The molecular weight excluding hydrogens is 424 g/mol. The molecule has 0 aliphatic rings. The number of rotatable bonds is 10. The van der Waals surface area contributed by atoms with Crippen LogP contribution in [-0.4, -0.2) is 28.9 Å². The van der Waals surface area contributed by atoms with Gasteiger partial charge in [-0.1, -0.05) is 24.3 Å². The monoisotopic (exact) mass is 446 g/mol. The van der Waals surface area contributed by atoms with Crippen LogP contribution in [-0.2, 0) is 9.59 Å². The highest BCUT2D eigenvalue weighted by atomic mass is 16.5. The number of aromatic hydroxyl groups is 2. The van der Waals surface area contributed by atoms with Gasteiger partial charge in [0.05, 0.1) is 26.1 Å². The molecule has 0 unspecified atom stereocenters. The second-order valence-corrected chi connectivity index (χ2v) is 6.87. The molecule has 2 N–H and O–H groups in total. The summed E-state index contributed by atoms with van der Waals surface area (Å²) in [6.07, 6.45) is 9.88.